The standard InChI is InChI=1S/C19H16BrClN2O3S/c1-10(2)26-14-8-7-11(9-13(14)20)18(24)22-23-19(25)17-16(21)12-5-3-4-6-15(12)27-17/h3-10H,1-2H3,(H,22,24)(H,23,25). The second kappa shape index (κ2) is 8.29. The van der Waals surface area contributed by atoms with Crippen LogP contribution in [0.15, 0.2) is 46.9 Å². The van der Waals surface area contributed by atoms with Crippen molar-refractivity contribution < 1.29 is 14.3 Å². The van der Waals surface area contributed by atoms with Crippen LogP contribution in [0, 0.1) is 0 Å². The molecule has 0 spiro atoms. The lowest BCUT2D eigenvalue weighted by Gasteiger charge is -2.12. The molecular weight excluding hydrogens is 452 g/mol. The Labute approximate surface area is 173 Å². The summed E-state index contributed by atoms with van der Waals surface area (Å²) in [6.45, 7) is 3.84. The summed E-state index contributed by atoms with van der Waals surface area (Å²) in [6, 6.07) is 12.4. The van der Waals surface area contributed by atoms with Crippen molar-refractivity contribution in [2.45, 2.75) is 20.0 Å². The van der Waals surface area contributed by atoms with Crippen LogP contribution in [0.5, 0.6) is 5.75 Å². The molecule has 0 aliphatic rings. The molecule has 0 fully saturated rings. The molecule has 27 heavy (non-hydrogen) atoms. The molecule has 0 radical (unpaired) electrons. The third kappa shape index (κ3) is 4.43. The maximum Gasteiger partial charge on any atom is 0.281 e. The van der Waals surface area contributed by atoms with Gasteiger partial charge < -0.3 is 4.74 Å². The maximum atomic E-state index is 12.4. The van der Waals surface area contributed by atoms with Crippen LogP contribution in [0.2, 0.25) is 5.02 Å². The minimum Gasteiger partial charge on any atom is -0.490 e. The number of carbonyl (C=O) groups is 2. The van der Waals surface area contributed by atoms with E-state index in [9.17, 15) is 9.59 Å². The van der Waals surface area contributed by atoms with Gasteiger partial charge in [0.05, 0.1) is 15.6 Å². The number of hydrazine groups is 1. The van der Waals surface area contributed by atoms with Crippen LogP contribution in [0.1, 0.15) is 33.9 Å². The Morgan fingerprint density at radius 3 is 2.48 bits per heavy atom. The van der Waals surface area contributed by atoms with Crippen LogP contribution < -0.4 is 15.6 Å². The number of benzene rings is 2. The third-order valence-corrected chi connectivity index (χ3v) is 5.88. The van der Waals surface area contributed by atoms with Gasteiger partial charge in [0.25, 0.3) is 11.8 Å². The average molecular weight is 468 g/mol. The number of fused-ring (bicyclic) bond motifs is 1. The van der Waals surface area contributed by atoms with Gasteiger partial charge in [0, 0.05) is 15.6 Å². The summed E-state index contributed by atoms with van der Waals surface area (Å²) in [6.07, 6.45) is 0.0197. The maximum absolute atomic E-state index is 12.4. The van der Waals surface area contributed by atoms with Crippen LogP contribution in [0.4, 0.5) is 0 Å². The first-order valence-electron chi connectivity index (χ1n) is 8.10. The van der Waals surface area contributed by atoms with Gasteiger partial charge >= 0.3 is 0 Å². The summed E-state index contributed by atoms with van der Waals surface area (Å²) >= 11 is 10.9. The van der Waals surface area contributed by atoms with Crippen LogP contribution in [0.25, 0.3) is 10.1 Å². The lowest BCUT2D eigenvalue weighted by Crippen LogP contribution is -2.41. The number of hydrogen-bond donors (Lipinski definition) is 2. The fourth-order valence-electron chi connectivity index (χ4n) is 2.39. The monoisotopic (exact) mass is 466 g/mol. The second-order valence-electron chi connectivity index (χ2n) is 5.96. The molecule has 3 rings (SSSR count). The quantitative estimate of drug-likeness (QED) is 0.520. The van der Waals surface area contributed by atoms with Crippen molar-refractivity contribution in [2.24, 2.45) is 0 Å². The van der Waals surface area contributed by atoms with E-state index in [1.54, 1.807) is 18.2 Å². The highest BCUT2D eigenvalue weighted by Gasteiger charge is 2.18. The summed E-state index contributed by atoms with van der Waals surface area (Å²) in [4.78, 5) is 25.0. The van der Waals surface area contributed by atoms with E-state index in [-0.39, 0.29) is 6.10 Å². The highest BCUT2D eigenvalue weighted by molar-refractivity contribution is 9.10. The first-order chi connectivity index (χ1) is 12.9. The predicted molar refractivity (Wildman–Crippen MR) is 112 cm³/mol. The fourth-order valence-corrected chi connectivity index (χ4v) is 4.28. The van der Waals surface area contributed by atoms with Gasteiger partial charge in [-0.2, -0.15) is 0 Å². The van der Waals surface area contributed by atoms with E-state index >= 15 is 0 Å². The molecule has 8 heteroatoms. The van der Waals surface area contributed by atoms with Crippen molar-refractivity contribution >= 4 is 60.8 Å². The van der Waals surface area contributed by atoms with Crippen LogP contribution in [-0.4, -0.2) is 17.9 Å². The number of thiophene rings is 1. The van der Waals surface area contributed by atoms with Crippen molar-refractivity contribution in [1.29, 1.82) is 0 Å². The zero-order valence-electron chi connectivity index (χ0n) is 14.5. The van der Waals surface area contributed by atoms with E-state index in [0.29, 0.717) is 25.7 Å². The molecule has 0 saturated carbocycles. The SMILES string of the molecule is CC(C)Oc1ccc(C(=O)NNC(=O)c2sc3ccccc3c2Cl)cc1Br. The normalized spacial score (nSPS) is 10.9. The number of hydrogen-bond acceptors (Lipinski definition) is 4. The van der Waals surface area contributed by atoms with Crippen molar-refractivity contribution in [2.75, 3.05) is 0 Å². The molecule has 1 aromatic heterocycles. The molecule has 0 aliphatic carbocycles. The first kappa shape index (κ1) is 19.7. The van der Waals surface area contributed by atoms with Crippen molar-refractivity contribution in [3.63, 3.8) is 0 Å². The smallest absolute Gasteiger partial charge is 0.281 e. The van der Waals surface area contributed by atoms with Gasteiger partial charge in [0.2, 0.25) is 0 Å². The Morgan fingerprint density at radius 2 is 1.81 bits per heavy atom. The molecular formula is C19H16BrClN2O3S. The number of nitrogens with one attached hydrogen (secondary N) is 2. The molecule has 0 bridgehead atoms. The fraction of sp³-hybridized carbons (Fsp3) is 0.158. The summed E-state index contributed by atoms with van der Waals surface area (Å²) in [5.41, 5.74) is 5.19. The molecule has 140 valence electrons. The van der Waals surface area contributed by atoms with E-state index in [1.165, 1.54) is 11.3 Å². The summed E-state index contributed by atoms with van der Waals surface area (Å²) in [5.74, 6) is -0.270. The van der Waals surface area contributed by atoms with Crippen molar-refractivity contribution in [3.8, 4) is 5.75 Å². The summed E-state index contributed by atoms with van der Waals surface area (Å²) in [7, 11) is 0. The minimum absolute atomic E-state index is 0.0197. The largest absolute Gasteiger partial charge is 0.490 e. The van der Waals surface area contributed by atoms with Gasteiger partial charge in [-0.05, 0) is 54.0 Å². The molecule has 0 saturated heterocycles. The van der Waals surface area contributed by atoms with Gasteiger partial charge in [0.1, 0.15) is 10.6 Å². The van der Waals surface area contributed by atoms with Crippen molar-refractivity contribution in [1.82, 2.24) is 10.9 Å². The van der Waals surface area contributed by atoms with Gasteiger partial charge in [-0.25, -0.2) is 0 Å². The second-order valence-corrected chi connectivity index (χ2v) is 8.25. The van der Waals surface area contributed by atoms with Gasteiger partial charge in [-0.15, -0.1) is 11.3 Å². The lowest BCUT2D eigenvalue weighted by atomic mass is 10.2. The van der Waals surface area contributed by atoms with Crippen LogP contribution in [-0.2, 0) is 0 Å². The first-order valence-corrected chi connectivity index (χ1v) is 10.1. The van der Waals surface area contributed by atoms with Crippen LogP contribution in [0.3, 0.4) is 0 Å². The molecule has 0 unspecified atom stereocenters. The highest BCUT2D eigenvalue weighted by Crippen LogP contribution is 2.34. The van der Waals surface area contributed by atoms with E-state index in [1.807, 2.05) is 38.1 Å². The molecule has 2 N–H and O–H groups in total. The van der Waals surface area contributed by atoms with Crippen LogP contribution >= 0.6 is 38.9 Å². The Morgan fingerprint density at radius 1 is 1.11 bits per heavy atom. The Hall–Kier alpha value is -2.09. The molecule has 2 amide bonds. The summed E-state index contributed by atoms with van der Waals surface area (Å²) in [5, 5.41) is 1.19. The van der Waals surface area contributed by atoms with E-state index in [4.69, 9.17) is 16.3 Å². The highest BCUT2D eigenvalue weighted by atomic mass is 79.9. The lowest BCUT2D eigenvalue weighted by molar-refractivity contribution is 0.0849. The number of ether oxygens (including phenoxy) is 1. The molecule has 2 aromatic carbocycles. The molecule has 1 heterocycles. The minimum atomic E-state index is -0.464. The third-order valence-electron chi connectivity index (χ3n) is 3.59. The Kier molecular flexibility index (Phi) is 6.04. The van der Waals surface area contributed by atoms with Gasteiger partial charge in [-0.3, -0.25) is 20.4 Å². The van der Waals surface area contributed by atoms with E-state index in [2.05, 4.69) is 26.8 Å². The van der Waals surface area contributed by atoms with Crippen molar-refractivity contribution in [3.05, 3.63) is 62.4 Å². The van der Waals surface area contributed by atoms with Gasteiger partial charge in [-0.1, -0.05) is 29.8 Å². The molecule has 3 aromatic rings. The zero-order chi connectivity index (χ0) is 19.6. The van der Waals surface area contributed by atoms with E-state index in [0.717, 1.165) is 10.1 Å². The molecule has 0 aliphatic heterocycles. The number of rotatable bonds is 4. The average Bonchev–Trinajstić information content (AvgIpc) is 2.98. The van der Waals surface area contributed by atoms with Gasteiger partial charge in [0.15, 0.2) is 0 Å². The Bertz CT molecular complexity index is 1020. The number of carbonyl (C=O) groups excluding carboxylic acids is 2. The zero-order valence-corrected chi connectivity index (χ0v) is 17.7. The molecule has 5 nitrogen and oxygen atoms in total. The number of amides is 2. The van der Waals surface area contributed by atoms with E-state index < -0.39 is 11.8 Å². The number of halogens is 2. The summed E-state index contributed by atoms with van der Waals surface area (Å²) < 4.78 is 7.18. The Balaban J connectivity index is 1.68. The topological polar surface area (TPSA) is 67.4 Å². The predicted octanol–water partition coefficient (Wildman–Crippen LogP) is 5.18. The molecule has 0 atom stereocenters.